The molecule has 1 aromatic heterocycles. The fraction of sp³-hybridized carbons (Fsp3) is 0. The Morgan fingerprint density at radius 1 is 0.967 bits per heavy atom. The summed E-state index contributed by atoms with van der Waals surface area (Å²) < 4.78 is 33.6. The molecule has 0 aliphatic carbocycles. The van der Waals surface area contributed by atoms with Gasteiger partial charge in [0.15, 0.2) is 0 Å². The normalized spacial score (nSPS) is 10.9. The number of hydrogen-bond donors (Lipinski definition) is 1. The second kappa shape index (κ2) is 8.37. The highest BCUT2D eigenvalue weighted by Crippen LogP contribution is 2.35. The molecule has 3 aromatic carbocycles. The third kappa shape index (κ3) is 4.17. The average molecular weight is 434 g/mol. The van der Waals surface area contributed by atoms with Gasteiger partial charge in [0.25, 0.3) is 10.0 Å². The van der Waals surface area contributed by atoms with Gasteiger partial charge in [0.2, 0.25) is 0 Å². The van der Waals surface area contributed by atoms with Crippen molar-refractivity contribution in [1.82, 2.24) is 4.98 Å². The van der Waals surface area contributed by atoms with Crippen molar-refractivity contribution >= 4 is 26.4 Å². The number of aromatic nitrogens is 1. The van der Waals surface area contributed by atoms with Crippen molar-refractivity contribution in [3.05, 3.63) is 90.1 Å². The van der Waals surface area contributed by atoms with Gasteiger partial charge in [-0.3, -0.25) is 9.71 Å². The summed E-state index contributed by atoms with van der Waals surface area (Å²) in [6.45, 7) is 0. The van der Waals surface area contributed by atoms with E-state index in [4.69, 9.17) is 4.74 Å². The number of thiazole rings is 1. The Labute approximate surface area is 178 Å². The lowest BCUT2D eigenvalue weighted by Crippen LogP contribution is -2.12. The van der Waals surface area contributed by atoms with Crippen molar-refractivity contribution in [3.63, 3.8) is 0 Å². The molecule has 0 fully saturated rings. The minimum atomic E-state index is -3.84. The third-order valence-electron chi connectivity index (χ3n) is 4.24. The molecule has 0 radical (unpaired) electrons. The lowest BCUT2D eigenvalue weighted by molar-refractivity contribution is 0.482. The number of para-hydroxylation sites is 1. The third-order valence-corrected chi connectivity index (χ3v) is 6.42. The van der Waals surface area contributed by atoms with E-state index in [2.05, 4.69) is 9.71 Å². The highest BCUT2D eigenvalue weighted by atomic mass is 32.2. The Morgan fingerprint density at radius 2 is 1.73 bits per heavy atom. The van der Waals surface area contributed by atoms with Gasteiger partial charge < -0.3 is 4.74 Å². The summed E-state index contributed by atoms with van der Waals surface area (Å²) in [4.78, 5) is 3.82. The van der Waals surface area contributed by atoms with E-state index >= 15 is 0 Å². The summed E-state index contributed by atoms with van der Waals surface area (Å²) in [6.07, 6.45) is 1.42. The van der Waals surface area contributed by atoms with Crippen LogP contribution in [0.4, 0.5) is 5.00 Å². The number of hydrogen-bond acceptors (Lipinski definition) is 6. The number of ether oxygens (including phenoxy) is 1. The maximum Gasteiger partial charge on any atom is 0.262 e. The highest BCUT2D eigenvalue weighted by molar-refractivity contribution is 7.93. The van der Waals surface area contributed by atoms with Crippen molar-refractivity contribution in [2.24, 2.45) is 0 Å². The summed E-state index contributed by atoms with van der Waals surface area (Å²) in [5.74, 6) is 0.844. The predicted octanol–water partition coefficient (Wildman–Crippen LogP) is 5.27. The van der Waals surface area contributed by atoms with Crippen LogP contribution in [0, 0.1) is 11.3 Å². The molecule has 0 unspecified atom stereocenters. The van der Waals surface area contributed by atoms with Gasteiger partial charge in [0.05, 0.1) is 22.2 Å². The highest BCUT2D eigenvalue weighted by Gasteiger charge is 2.18. The fourth-order valence-electron chi connectivity index (χ4n) is 2.84. The molecule has 1 heterocycles. The van der Waals surface area contributed by atoms with Crippen LogP contribution in [-0.2, 0) is 10.0 Å². The Morgan fingerprint density at radius 3 is 2.47 bits per heavy atom. The van der Waals surface area contributed by atoms with Crippen LogP contribution in [-0.4, -0.2) is 13.4 Å². The number of benzene rings is 3. The van der Waals surface area contributed by atoms with E-state index in [0.29, 0.717) is 10.8 Å². The lowest BCUT2D eigenvalue weighted by atomic mass is 10.0. The van der Waals surface area contributed by atoms with Crippen molar-refractivity contribution in [3.8, 4) is 28.7 Å². The standard InChI is InChI=1S/C22H15N3O3S2/c23-13-17-12-18(30(26,27)25-22-14-24-15-29-22)10-11-20(17)28-21-9-5-4-8-19(21)16-6-2-1-3-7-16/h1-12,14-15,25H. The van der Waals surface area contributed by atoms with Crippen LogP contribution in [0.25, 0.3) is 11.1 Å². The van der Waals surface area contributed by atoms with E-state index in [1.807, 2.05) is 54.6 Å². The van der Waals surface area contributed by atoms with Crippen LogP contribution in [0.3, 0.4) is 0 Å². The van der Waals surface area contributed by atoms with E-state index in [9.17, 15) is 13.7 Å². The van der Waals surface area contributed by atoms with Crippen LogP contribution < -0.4 is 9.46 Å². The van der Waals surface area contributed by atoms with E-state index in [0.717, 1.165) is 11.1 Å². The lowest BCUT2D eigenvalue weighted by Gasteiger charge is -2.13. The van der Waals surface area contributed by atoms with Crippen LogP contribution in [0.1, 0.15) is 5.56 Å². The van der Waals surface area contributed by atoms with Crippen molar-refractivity contribution in [1.29, 1.82) is 5.26 Å². The zero-order valence-corrected chi connectivity index (χ0v) is 17.2. The molecule has 4 rings (SSSR count). The smallest absolute Gasteiger partial charge is 0.262 e. The van der Waals surface area contributed by atoms with Gasteiger partial charge in [-0.15, -0.1) is 11.3 Å². The van der Waals surface area contributed by atoms with Crippen molar-refractivity contribution < 1.29 is 13.2 Å². The molecular formula is C22H15N3O3S2. The maximum absolute atomic E-state index is 12.6. The molecule has 0 spiro atoms. The number of rotatable bonds is 6. The summed E-state index contributed by atoms with van der Waals surface area (Å²) in [5, 5.41) is 9.97. The van der Waals surface area contributed by atoms with E-state index in [1.54, 1.807) is 6.07 Å². The largest absolute Gasteiger partial charge is 0.455 e. The zero-order chi connectivity index (χ0) is 21.0. The molecule has 30 heavy (non-hydrogen) atoms. The molecule has 0 amide bonds. The molecule has 0 aliphatic heterocycles. The molecule has 148 valence electrons. The van der Waals surface area contributed by atoms with Gasteiger partial charge >= 0.3 is 0 Å². The summed E-state index contributed by atoms with van der Waals surface area (Å²) in [6, 6.07) is 23.4. The van der Waals surface area contributed by atoms with Gasteiger partial charge in [-0.25, -0.2) is 8.42 Å². The molecule has 1 N–H and O–H groups in total. The van der Waals surface area contributed by atoms with E-state index in [1.165, 1.54) is 41.2 Å². The Hall–Kier alpha value is -3.67. The van der Waals surface area contributed by atoms with Gasteiger partial charge in [0, 0.05) is 5.56 Å². The van der Waals surface area contributed by atoms with E-state index in [-0.39, 0.29) is 16.2 Å². The predicted molar refractivity (Wildman–Crippen MR) is 116 cm³/mol. The number of sulfonamides is 1. The van der Waals surface area contributed by atoms with E-state index < -0.39 is 10.0 Å². The maximum atomic E-state index is 12.6. The average Bonchev–Trinajstić information content (AvgIpc) is 3.27. The first-order valence-corrected chi connectivity index (χ1v) is 11.2. The monoisotopic (exact) mass is 433 g/mol. The fourth-order valence-corrected chi connectivity index (χ4v) is 4.67. The van der Waals surface area contributed by atoms with Gasteiger partial charge in [-0.2, -0.15) is 5.26 Å². The summed E-state index contributed by atoms with van der Waals surface area (Å²) in [7, 11) is -3.84. The topological polar surface area (TPSA) is 92.1 Å². The molecule has 0 saturated carbocycles. The molecule has 6 nitrogen and oxygen atoms in total. The SMILES string of the molecule is N#Cc1cc(S(=O)(=O)Nc2cncs2)ccc1Oc1ccccc1-c1ccccc1. The Bertz CT molecular complexity index is 1310. The Balaban J connectivity index is 1.67. The van der Waals surface area contributed by atoms with Crippen LogP contribution in [0.2, 0.25) is 0 Å². The first-order chi connectivity index (χ1) is 14.6. The minimum Gasteiger partial charge on any atom is -0.455 e. The summed E-state index contributed by atoms with van der Waals surface area (Å²) in [5.41, 5.74) is 3.48. The molecule has 4 aromatic rings. The number of nitriles is 1. The summed E-state index contributed by atoms with van der Waals surface area (Å²) >= 11 is 1.17. The Kier molecular flexibility index (Phi) is 5.48. The van der Waals surface area contributed by atoms with Crippen molar-refractivity contribution in [2.75, 3.05) is 4.72 Å². The first-order valence-electron chi connectivity index (χ1n) is 8.84. The van der Waals surface area contributed by atoms with Crippen molar-refractivity contribution in [2.45, 2.75) is 4.90 Å². The number of anilines is 1. The molecule has 0 bridgehead atoms. The number of nitrogens with zero attached hydrogens (tertiary/aromatic N) is 2. The van der Waals surface area contributed by atoms with Crippen LogP contribution in [0.5, 0.6) is 11.5 Å². The van der Waals surface area contributed by atoms with Gasteiger partial charge in [-0.1, -0.05) is 48.5 Å². The second-order valence-corrected chi connectivity index (χ2v) is 8.77. The quantitative estimate of drug-likeness (QED) is 0.447. The van der Waals surface area contributed by atoms with Crippen LogP contribution >= 0.6 is 11.3 Å². The zero-order valence-electron chi connectivity index (χ0n) is 15.5. The van der Waals surface area contributed by atoms with Gasteiger partial charge in [0.1, 0.15) is 22.6 Å². The molecule has 8 heteroatoms. The second-order valence-electron chi connectivity index (χ2n) is 6.21. The molecule has 0 atom stereocenters. The van der Waals surface area contributed by atoms with Crippen LogP contribution in [0.15, 0.2) is 89.4 Å². The molecule has 0 aliphatic rings. The first kappa shape index (κ1) is 19.6. The molecule has 0 saturated heterocycles. The molecular weight excluding hydrogens is 418 g/mol. The number of nitrogens with one attached hydrogen (secondary N) is 1. The minimum absolute atomic E-state index is 0.0313. The van der Waals surface area contributed by atoms with Gasteiger partial charge in [-0.05, 0) is 29.8 Å².